The van der Waals surface area contributed by atoms with Gasteiger partial charge in [0, 0.05) is 18.2 Å². The molecule has 0 aromatic carbocycles. The van der Waals surface area contributed by atoms with Crippen LogP contribution in [0.3, 0.4) is 0 Å². The smallest absolute Gasteiger partial charge is 0.168 e. The third kappa shape index (κ3) is 3.18. The van der Waals surface area contributed by atoms with Crippen LogP contribution in [-0.2, 0) is 9.47 Å². The molecule has 0 aromatic rings. The lowest BCUT2D eigenvalue weighted by Crippen LogP contribution is -2.40. The first-order chi connectivity index (χ1) is 7.35. The molecule has 1 spiro atoms. The minimum absolute atomic E-state index is 0.169. The lowest BCUT2D eigenvalue weighted by atomic mass is 9.96. The predicted molar refractivity (Wildman–Crippen MR) is 64.3 cm³/mol. The van der Waals surface area contributed by atoms with E-state index in [-0.39, 0.29) is 5.79 Å². The Balaban J connectivity index is 1.76. The van der Waals surface area contributed by atoms with Crippen LogP contribution < -0.4 is 0 Å². The topological polar surface area (TPSA) is 18.5 Å². The second-order valence-electron chi connectivity index (χ2n) is 4.68. The van der Waals surface area contributed by atoms with Crippen molar-refractivity contribution in [1.29, 1.82) is 0 Å². The van der Waals surface area contributed by atoms with Gasteiger partial charge in [-0.05, 0) is 32.1 Å². The van der Waals surface area contributed by atoms with E-state index in [4.69, 9.17) is 9.47 Å². The van der Waals surface area contributed by atoms with E-state index in [9.17, 15) is 0 Å². The number of ether oxygens (including phenoxy) is 2. The van der Waals surface area contributed by atoms with Crippen molar-refractivity contribution in [2.24, 2.45) is 0 Å². The first kappa shape index (κ1) is 11.9. The van der Waals surface area contributed by atoms with E-state index in [1.807, 2.05) is 0 Å². The minimum atomic E-state index is -0.169. The van der Waals surface area contributed by atoms with Gasteiger partial charge in [0.25, 0.3) is 0 Å². The standard InChI is InChI=1S/C12H21BrO2/c13-9-2-1-5-11-6-3-7-12(15-11)8-4-10-14-12/h11H,1-10H2/t11-,12-/m1/s1. The molecule has 2 aliphatic rings. The highest BCUT2D eigenvalue weighted by atomic mass is 79.9. The Morgan fingerprint density at radius 3 is 2.80 bits per heavy atom. The van der Waals surface area contributed by atoms with E-state index >= 15 is 0 Å². The molecule has 0 saturated carbocycles. The summed E-state index contributed by atoms with van der Waals surface area (Å²) in [6, 6.07) is 0. The van der Waals surface area contributed by atoms with Crippen LogP contribution in [0.2, 0.25) is 0 Å². The molecule has 2 heterocycles. The number of alkyl halides is 1. The zero-order valence-corrected chi connectivity index (χ0v) is 10.9. The number of hydrogen-bond acceptors (Lipinski definition) is 2. The van der Waals surface area contributed by atoms with Crippen molar-refractivity contribution in [1.82, 2.24) is 0 Å². The van der Waals surface area contributed by atoms with Gasteiger partial charge in [-0.1, -0.05) is 22.4 Å². The van der Waals surface area contributed by atoms with Gasteiger partial charge in [0.05, 0.1) is 12.7 Å². The minimum Gasteiger partial charge on any atom is -0.350 e. The lowest BCUT2D eigenvalue weighted by molar-refractivity contribution is -0.258. The fourth-order valence-corrected chi connectivity index (χ4v) is 3.05. The van der Waals surface area contributed by atoms with Crippen LogP contribution in [0.4, 0.5) is 0 Å². The highest BCUT2D eigenvalue weighted by molar-refractivity contribution is 9.09. The Bertz CT molecular complexity index is 190. The zero-order chi connectivity index (χ0) is 10.6. The van der Waals surface area contributed by atoms with Gasteiger partial charge in [0.1, 0.15) is 0 Å². The van der Waals surface area contributed by atoms with Gasteiger partial charge in [0.2, 0.25) is 0 Å². The molecule has 2 nitrogen and oxygen atoms in total. The van der Waals surface area contributed by atoms with Crippen molar-refractivity contribution in [2.75, 3.05) is 11.9 Å². The average molecular weight is 277 g/mol. The molecule has 0 N–H and O–H groups in total. The summed E-state index contributed by atoms with van der Waals surface area (Å²) in [5, 5.41) is 1.11. The fraction of sp³-hybridized carbons (Fsp3) is 1.00. The van der Waals surface area contributed by atoms with E-state index in [1.165, 1.54) is 38.5 Å². The second kappa shape index (κ2) is 5.65. The van der Waals surface area contributed by atoms with Crippen LogP contribution >= 0.6 is 15.9 Å². The molecule has 2 aliphatic heterocycles. The van der Waals surface area contributed by atoms with Crippen LogP contribution in [0.25, 0.3) is 0 Å². The molecule has 0 bridgehead atoms. The van der Waals surface area contributed by atoms with Gasteiger partial charge in [-0.25, -0.2) is 0 Å². The third-order valence-electron chi connectivity index (χ3n) is 3.44. The summed E-state index contributed by atoms with van der Waals surface area (Å²) in [7, 11) is 0. The van der Waals surface area contributed by atoms with Gasteiger partial charge in [-0.2, -0.15) is 0 Å². The van der Waals surface area contributed by atoms with E-state index in [0.29, 0.717) is 6.10 Å². The van der Waals surface area contributed by atoms with Crippen molar-refractivity contribution in [3.05, 3.63) is 0 Å². The molecular formula is C12H21BrO2. The molecular weight excluding hydrogens is 256 g/mol. The Morgan fingerprint density at radius 2 is 2.07 bits per heavy atom. The van der Waals surface area contributed by atoms with E-state index in [2.05, 4.69) is 15.9 Å². The second-order valence-corrected chi connectivity index (χ2v) is 5.47. The maximum Gasteiger partial charge on any atom is 0.168 e. The van der Waals surface area contributed by atoms with Crippen LogP contribution in [0.15, 0.2) is 0 Å². The van der Waals surface area contributed by atoms with Crippen LogP contribution in [0.5, 0.6) is 0 Å². The molecule has 0 aromatic heterocycles. The van der Waals surface area contributed by atoms with Crippen LogP contribution in [-0.4, -0.2) is 23.8 Å². The molecule has 0 radical (unpaired) electrons. The van der Waals surface area contributed by atoms with Crippen molar-refractivity contribution in [3.8, 4) is 0 Å². The molecule has 15 heavy (non-hydrogen) atoms. The number of halogens is 1. The first-order valence-electron chi connectivity index (χ1n) is 6.22. The number of rotatable bonds is 4. The highest BCUT2D eigenvalue weighted by Crippen LogP contribution is 2.38. The van der Waals surface area contributed by atoms with E-state index in [0.717, 1.165) is 24.8 Å². The monoisotopic (exact) mass is 276 g/mol. The van der Waals surface area contributed by atoms with E-state index in [1.54, 1.807) is 0 Å². The summed E-state index contributed by atoms with van der Waals surface area (Å²) in [5.74, 6) is -0.169. The average Bonchev–Trinajstić information content (AvgIpc) is 2.67. The lowest BCUT2D eigenvalue weighted by Gasteiger charge is -2.37. The summed E-state index contributed by atoms with van der Waals surface area (Å²) in [6.45, 7) is 0.897. The first-order valence-corrected chi connectivity index (χ1v) is 7.34. The molecule has 0 amide bonds. The van der Waals surface area contributed by atoms with Gasteiger partial charge >= 0.3 is 0 Å². The van der Waals surface area contributed by atoms with E-state index < -0.39 is 0 Å². The summed E-state index contributed by atoms with van der Waals surface area (Å²) in [4.78, 5) is 0. The Labute approximate surface area is 101 Å². The van der Waals surface area contributed by atoms with Crippen molar-refractivity contribution < 1.29 is 9.47 Å². The van der Waals surface area contributed by atoms with Gasteiger partial charge in [-0.15, -0.1) is 0 Å². The molecule has 0 aliphatic carbocycles. The molecule has 2 fully saturated rings. The SMILES string of the molecule is BrCCCC[C@@H]1CCC[C@]2(CCCO2)O1. The van der Waals surface area contributed by atoms with Gasteiger partial charge in [-0.3, -0.25) is 0 Å². The summed E-state index contributed by atoms with van der Waals surface area (Å²) in [5.41, 5.74) is 0. The Hall–Kier alpha value is 0.400. The maximum atomic E-state index is 6.14. The summed E-state index contributed by atoms with van der Waals surface area (Å²) >= 11 is 3.47. The van der Waals surface area contributed by atoms with Crippen LogP contribution in [0.1, 0.15) is 51.4 Å². The molecule has 0 unspecified atom stereocenters. The largest absolute Gasteiger partial charge is 0.350 e. The summed E-state index contributed by atoms with van der Waals surface area (Å²) < 4.78 is 11.9. The van der Waals surface area contributed by atoms with Gasteiger partial charge in [0.15, 0.2) is 5.79 Å². The number of unbranched alkanes of at least 4 members (excludes halogenated alkanes) is 1. The fourth-order valence-electron chi connectivity index (χ4n) is 2.65. The normalized spacial score (nSPS) is 36.2. The summed E-state index contributed by atoms with van der Waals surface area (Å²) in [6.07, 6.45) is 10.1. The molecule has 2 saturated heterocycles. The Kier molecular flexibility index (Phi) is 4.47. The molecule has 2 atom stereocenters. The number of hydrogen-bond donors (Lipinski definition) is 0. The molecule has 3 heteroatoms. The zero-order valence-electron chi connectivity index (χ0n) is 9.34. The third-order valence-corrected chi connectivity index (χ3v) is 4.00. The maximum absolute atomic E-state index is 6.14. The molecule has 88 valence electrons. The van der Waals surface area contributed by atoms with Crippen molar-refractivity contribution in [2.45, 2.75) is 63.3 Å². The highest BCUT2D eigenvalue weighted by Gasteiger charge is 2.40. The predicted octanol–water partition coefficient (Wildman–Crippen LogP) is 3.63. The molecule has 2 rings (SSSR count). The quantitative estimate of drug-likeness (QED) is 0.577. The van der Waals surface area contributed by atoms with Crippen LogP contribution in [0, 0.1) is 0 Å². The van der Waals surface area contributed by atoms with Crippen molar-refractivity contribution in [3.63, 3.8) is 0 Å². The van der Waals surface area contributed by atoms with Crippen molar-refractivity contribution >= 4 is 15.9 Å². The van der Waals surface area contributed by atoms with Gasteiger partial charge < -0.3 is 9.47 Å². The Morgan fingerprint density at radius 1 is 1.20 bits per heavy atom.